The maximum atomic E-state index is 11.6. The molecule has 90 valence electrons. The van der Waals surface area contributed by atoms with Gasteiger partial charge in [-0.15, -0.1) is 0 Å². The summed E-state index contributed by atoms with van der Waals surface area (Å²) in [6.45, 7) is 3.99. The predicted octanol–water partition coefficient (Wildman–Crippen LogP) is 0.914. The van der Waals surface area contributed by atoms with Crippen molar-refractivity contribution in [3.8, 4) is 6.07 Å². The van der Waals surface area contributed by atoms with Gasteiger partial charge in [0.2, 0.25) is 5.91 Å². The van der Waals surface area contributed by atoms with Crippen molar-refractivity contribution in [1.82, 2.24) is 10.3 Å². The van der Waals surface area contributed by atoms with Crippen LogP contribution in [0.3, 0.4) is 0 Å². The van der Waals surface area contributed by atoms with Crippen LogP contribution in [-0.4, -0.2) is 30.5 Å². The summed E-state index contributed by atoms with van der Waals surface area (Å²) >= 11 is 0. The summed E-state index contributed by atoms with van der Waals surface area (Å²) in [5.74, 6) is 0.436. The summed E-state index contributed by atoms with van der Waals surface area (Å²) < 4.78 is 0. The Morgan fingerprint density at radius 1 is 1.65 bits per heavy atom. The number of nitrogens with zero attached hydrogens (tertiary/aromatic N) is 3. The number of pyridine rings is 1. The second-order valence-electron chi connectivity index (χ2n) is 4.06. The van der Waals surface area contributed by atoms with Crippen LogP contribution < -0.4 is 10.2 Å². The molecule has 0 aliphatic heterocycles. The van der Waals surface area contributed by atoms with Crippen LogP contribution in [0.1, 0.15) is 19.4 Å². The Bertz CT molecular complexity index is 436. The molecule has 0 bridgehead atoms. The fraction of sp³-hybridized carbons (Fsp3) is 0.417. The van der Waals surface area contributed by atoms with Gasteiger partial charge in [-0.05, 0) is 26.0 Å². The lowest BCUT2D eigenvalue weighted by Crippen LogP contribution is -2.39. The number of anilines is 1. The molecule has 0 spiro atoms. The summed E-state index contributed by atoms with van der Waals surface area (Å²) in [4.78, 5) is 17.3. The van der Waals surface area contributed by atoms with Gasteiger partial charge < -0.3 is 10.2 Å². The second-order valence-corrected chi connectivity index (χ2v) is 4.06. The van der Waals surface area contributed by atoms with Crippen LogP contribution in [0, 0.1) is 11.3 Å². The summed E-state index contributed by atoms with van der Waals surface area (Å²) in [6, 6.07) is 5.54. The summed E-state index contributed by atoms with van der Waals surface area (Å²) in [7, 11) is 1.74. The maximum absolute atomic E-state index is 11.6. The molecule has 5 heteroatoms. The number of hydrogen-bond acceptors (Lipinski definition) is 4. The molecule has 0 fully saturated rings. The van der Waals surface area contributed by atoms with Gasteiger partial charge in [0, 0.05) is 19.3 Å². The van der Waals surface area contributed by atoms with E-state index in [4.69, 9.17) is 5.26 Å². The number of nitrogens with one attached hydrogen (secondary N) is 1. The van der Waals surface area contributed by atoms with Gasteiger partial charge >= 0.3 is 0 Å². The molecular formula is C12H16N4O. The first-order valence-electron chi connectivity index (χ1n) is 5.40. The van der Waals surface area contributed by atoms with Gasteiger partial charge in [0.15, 0.2) is 0 Å². The van der Waals surface area contributed by atoms with Crippen LogP contribution in [0.15, 0.2) is 18.3 Å². The third-order valence-electron chi connectivity index (χ3n) is 2.10. The highest BCUT2D eigenvalue weighted by Crippen LogP contribution is 2.13. The average molecular weight is 232 g/mol. The van der Waals surface area contributed by atoms with Crippen molar-refractivity contribution in [1.29, 1.82) is 5.26 Å². The van der Waals surface area contributed by atoms with Crippen molar-refractivity contribution >= 4 is 11.7 Å². The first-order valence-corrected chi connectivity index (χ1v) is 5.40. The van der Waals surface area contributed by atoms with E-state index in [0.29, 0.717) is 11.4 Å². The molecule has 0 aromatic carbocycles. The third kappa shape index (κ3) is 3.76. The highest BCUT2D eigenvalue weighted by Gasteiger charge is 2.12. The number of carbonyl (C=O) groups is 1. The maximum Gasteiger partial charge on any atom is 0.239 e. The Morgan fingerprint density at radius 3 is 2.94 bits per heavy atom. The van der Waals surface area contributed by atoms with Crippen LogP contribution in [0.25, 0.3) is 0 Å². The van der Waals surface area contributed by atoms with E-state index in [9.17, 15) is 4.79 Å². The molecular weight excluding hydrogens is 216 g/mol. The molecule has 0 aliphatic rings. The Labute approximate surface area is 101 Å². The molecule has 0 radical (unpaired) electrons. The second kappa shape index (κ2) is 5.85. The van der Waals surface area contributed by atoms with Gasteiger partial charge in [0.1, 0.15) is 11.9 Å². The van der Waals surface area contributed by atoms with Crippen molar-refractivity contribution in [2.45, 2.75) is 19.9 Å². The third-order valence-corrected chi connectivity index (χ3v) is 2.10. The Balaban J connectivity index is 2.73. The van der Waals surface area contributed by atoms with Crippen molar-refractivity contribution < 1.29 is 4.79 Å². The van der Waals surface area contributed by atoms with Crippen LogP contribution in [0.5, 0.6) is 0 Å². The Hall–Kier alpha value is -2.09. The summed E-state index contributed by atoms with van der Waals surface area (Å²) in [5, 5.41) is 11.7. The minimum atomic E-state index is -0.0861. The van der Waals surface area contributed by atoms with E-state index in [1.165, 1.54) is 0 Å². The number of likely N-dealkylation sites (N-methyl/N-ethyl adjacent to an activating group) is 1. The first kappa shape index (κ1) is 13.0. The zero-order chi connectivity index (χ0) is 12.8. The van der Waals surface area contributed by atoms with Crippen molar-refractivity contribution in [3.05, 3.63) is 23.9 Å². The molecule has 0 saturated heterocycles. The van der Waals surface area contributed by atoms with E-state index in [1.54, 1.807) is 30.3 Å². The van der Waals surface area contributed by atoms with E-state index >= 15 is 0 Å². The van der Waals surface area contributed by atoms with Crippen LogP contribution in [-0.2, 0) is 4.79 Å². The van der Waals surface area contributed by atoms with E-state index in [-0.39, 0.29) is 18.5 Å². The summed E-state index contributed by atoms with van der Waals surface area (Å²) in [6.07, 6.45) is 1.60. The SMILES string of the molecule is CC(C)NC(=O)CN(C)c1ncccc1C#N. The minimum Gasteiger partial charge on any atom is -0.352 e. The molecule has 1 rings (SSSR count). The largest absolute Gasteiger partial charge is 0.352 e. The lowest BCUT2D eigenvalue weighted by molar-refractivity contribution is -0.120. The number of carbonyl (C=O) groups excluding carboxylic acids is 1. The molecule has 1 aromatic heterocycles. The fourth-order valence-electron chi connectivity index (χ4n) is 1.45. The zero-order valence-corrected chi connectivity index (χ0v) is 10.3. The number of rotatable bonds is 4. The first-order chi connectivity index (χ1) is 8.04. The van der Waals surface area contributed by atoms with Gasteiger partial charge in [-0.2, -0.15) is 5.26 Å². The lowest BCUT2D eigenvalue weighted by atomic mass is 10.2. The van der Waals surface area contributed by atoms with Crippen LogP contribution in [0.4, 0.5) is 5.82 Å². The minimum absolute atomic E-state index is 0.0861. The molecule has 1 amide bonds. The molecule has 1 heterocycles. The molecule has 0 unspecified atom stereocenters. The standard InChI is InChI=1S/C12H16N4O/c1-9(2)15-11(17)8-16(3)12-10(7-13)5-4-6-14-12/h4-6,9H,8H2,1-3H3,(H,15,17). The smallest absolute Gasteiger partial charge is 0.239 e. The van der Waals surface area contributed by atoms with Crippen LogP contribution in [0.2, 0.25) is 0 Å². The molecule has 1 N–H and O–H groups in total. The number of hydrogen-bond donors (Lipinski definition) is 1. The molecule has 0 saturated carbocycles. The summed E-state index contributed by atoms with van der Waals surface area (Å²) in [5.41, 5.74) is 0.465. The highest BCUT2D eigenvalue weighted by molar-refractivity contribution is 5.81. The Morgan fingerprint density at radius 2 is 2.35 bits per heavy atom. The molecule has 0 aliphatic carbocycles. The van der Waals surface area contributed by atoms with Gasteiger partial charge in [-0.1, -0.05) is 0 Å². The van der Waals surface area contributed by atoms with E-state index in [1.807, 2.05) is 13.8 Å². The van der Waals surface area contributed by atoms with E-state index in [2.05, 4.69) is 16.4 Å². The van der Waals surface area contributed by atoms with Gasteiger partial charge in [-0.25, -0.2) is 4.98 Å². The molecule has 5 nitrogen and oxygen atoms in total. The van der Waals surface area contributed by atoms with Gasteiger partial charge in [0.25, 0.3) is 0 Å². The van der Waals surface area contributed by atoms with Gasteiger partial charge in [-0.3, -0.25) is 4.79 Å². The van der Waals surface area contributed by atoms with Crippen molar-refractivity contribution in [3.63, 3.8) is 0 Å². The monoisotopic (exact) mass is 232 g/mol. The average Bonchev–Trinajstić information content (AvgIpc) is 2.27. The lowest BCUT2D eigenvalue weighted by Gasteiger charge is -2.19. The van der Waals surface area contributed by atoms with E-state index in [0.717, 1.165) is 0 Å². The topological polar surface area (TPSA) is 69.0 Å². The normalized spacial score (nSPS) is 9.82. The zero-order valence-electron chi connectivity index (χ0n) is 10.3. The predicted molar refractivity (Wildman–Crippen MR) is 65.5 cm³/mol. The van der Waals surface area contributed by atoms with Crippen LogP contribution >= 0.6 is 0 Å². The van der Waals surface area contributed by atoms with Crippen molar-refractivity contribution in [2.75, 3.05) is 18.5 Å². The fourth-order valence-corrected chi connectivity index (χ4v) is 1.45. The number of nitriles is 1. The molecule has 0 atom stereocenters. The van der Waals surface area contributed by atoms with Crippen molar-refractivity contribution in [2.24, 2.45) is 0 Å². The quantitative estimate of drug-likeness (QED) is 0.838. The Kier molecular flexibility index (Phi) is 4.46. The number of amides is 1. The van der Waals surface area contributed by atoms with Gasteiger partial charge in [0.05, 0.1) is 12.1 Å². The molecule has 17 heavy (non-hydrogen) atoms. The highest BCUT2D eigenvalue weighted by atomic mass is 16.2. The molecule has 1 aromatic rings. The number of aromatic nitrogens is 1. The van der Waals surface area contributed by atoms with E-state index < -0.39 is 0 Å².